The van der Waals surface area contributed by atoms with E-state index in [1.165, 1.54) is 12.8 Å². The van der Waals surface area contributed by atoms with Crippen LogP contribution in [0.25, 0.3) is 0 Å². The zero-order valence-corrected chi connectivity index (χ0v) is 15.9. The van der Waals surface area contributed by atoms with Crippen molar-refractivity contribution in [1.29, 1.82) is 0 Å². The highest BCUT2D eigenvalue weighted by molar-refractivity contribution is 5.93. The lowest BCUT2D eigenvalue weighted by atomic mass is 10.2. The molecule has 6 nitrogen and oxygen atoms in total. The van der Waals surface area contributed by atoms with Gasteiger partial charge < -0.3 is 25.3 Å². The summed E-state index contributed by atoms with van der Waals surface area (Å²) in [6.07, 6.45) is 4.92. The van der Waals surface area contributed by atoms with Crippen molar-refractivity contribution in [2.24, 2.45) is 10.7 Å². The lowest BCUT2D eigenvalue weighted by Gasteiger charge is -2.16. The molecule has 0 amide bonds. The van der Waals surface area contributed by atoms with Crippen LogP contribution < -0.4 is 25.3 Å². The molecule has 2 aromatic rings. The maximum absolute atomic E-state index is 6.13. The SMILES string of the molecule is COc1ccccc1NC(N)=NCc1ccc(OC)c(OC2CCCC2)c1. The molecule has 0 radical (unpaired) electrons. The normalized spacial score (nSPS) is 14.8. The van der Waals surface area contributed by atoms with E-state index >= 15 is 0 Å². The predicted molar refractivity (Wildman–Crippen MR) is 108 cm³/mol. The second-order valence-electron chi connectivity index (χ2n) is 6.54. The minimum Gasteiger partial charge on any atom is -0.495 e. The minimum absolute atomic E-state index is 0.273. The van der Waals surface area contributed by atoms with E-state index in [2.05, 4.69) is 10.3 Å². The number of benzene rings is 2. The zero-order valence-electron chi connectivity index (χ0n) is 15.9. The van der Waals surface area contributed by atoms with Crippen molar-refractivity contribution in [1.82, 2.24) is 0 Å². The van der Waals surface area contributed by atoms with Crippen LogP contribution >= 0.6 is 0 Å². The molecule has 0 unspecified atom stereocenters. The quantitative estimate of drug-likeness (QED) is 0.571. The fourth-order valence-electron chi connectivity index (χ4n) is 3.20. The molecule has 3 rings (SSSR count). The number of hydrogen-bond donors (Lipinski definition) is 2. The first-order chi connectivity index (χ1) is 13.2. The number of para-hydroxylation sites is 2. The summed E-state index contributed by atoms with van der Waals surface area (Å²) >= 11 is 0. The van der Waals surface area contributed by atoms with Gasteiger partial charge in [-0.15, -0.1) is 0 Å². The summed E-state index contributed by atoms with van der Waals surface area (Å²) in [5.41, 5.74) is 7.82. The Labute approximate surface area is 160 Å². The number of ether oxygens (including phenoxy) is 3. The summed E-state index contributed by atoms with van der Waals surface area (Å²) in [6.45, 7) is 0.443. The van der Waals surface area contributed by atoms with Gasteiger partial charge in [-0.1, -0.05) is 18.2 Å². The lowest BCUT2D eigenvalue weighted by molar-refractivity contribution is 0.200. The van der Waals surface area contributed by atoms with Crippen molar-refractivity contribution in [2.45, 2.75) is 38.3 Å². The largest absolute Gasteiger partial charge is 0.495 e. The van der Waals surface area contributed by atoms with Crippen molar-refractivity contribution in [3.63, 3.8) is 0 Å². The second-order valence-corrected chi connectivity index (χ2v) is 6.54. The maximum Gasteiger partial charge on any atom is 0.193 e. The Kier molecular flexibility index (Phi) is 6.41. The third kappa shape index (κ3) is 5.06. The molecule has 1 saturated carbocycles. The number of rotatable bonds is 7. The number of guanidine groups is 1. The first-order valence-electron chi connectivity index (χ1n) is 9.23. The lowest BCUT2D eigenvalue weighted by Crippen LogP contribution is -2.22. The van der Waals surface area contributed by atoms with Gasteiger partial charge in [0.1, 0.15) is 5.75 Å². The molecule has 0 aliphatic heterocycles. The average Bonchev–Trinajstić information content (AvgIpc) is 3.20. The Morgan fingerprint density at radius 1 is 1.04 bits per heavy atom. The predicted octanol–water partition coefficient (Wildman–Crippen LogP) is 3.95. The number of aliphatic imine (C=N–C) groups is 1. The standard InChI is InChI=1S/C21H27N3O3/c1-25-18-10-6-5-9-17(18)24-21(22)23-14-15-11-12-19(26-2)20(13-15)27-16-7-3-4-8-16/h5-6,9-13,16H,3-4,7-8,14H2,1-2H3,(H3,22,23,24). The van der Waals surface area contributed by atoms with E-state index in [-0.39, 0.29) is 6.10 Å². The number of nitrogens with two attached hydrogens (primary N) is 1. The van der Waals surface area contributed by atoms with Gasteiger partial charge in [0.2, 0.25) is 0 Å². The van der Waals surface area contributed by atoms with Crippen LogP contribution in [0, 0.1) is 0 Å². The summed E-state index contributed by atoms with van der Waals surface area (Å²) in [5, 5.41) is 3.07. The molecule has 1 aliphatic rings. The van der Waals surface area contributed by atoms with E-state index in [9.17, 15) is 0 Å². The molecule has 2 aromatic carbocycles. The van der Waals surface area contributed by atoms with Crippen LogP contribution in [0.2, 0.25) is 0 Å². The molecular formula is C21H27N3O3. The first-order valence-corrected chi connectivity index (χ1v) is 9.23. The van der Waals surface area contributed by atoms with Crippen molar-refractivity contribution in [3.05, 3.63) is 48.0 Å². The van der Waals surface area contributed by atoms with Gasteiger partial charge in [-0.3, -0.25) is 0 Å². The molecule has 0 saturated heterocycles. The van der Waals surface area contributed by atoms with Crippen LogP contribution in [0.3, 0.4) is 0 Å². The van der Waals surface area contributed by atoms with Crippen molar-refractivity contribution in [3.8, 4) is 17.2 Å². The topological polar surface area (TPSA) is 78.1 Å². The summed E-state index contributed by atoms with van der Waals surface area (Å²) in [6, 6.07) is 13.4. The molecule has 1 aliphatic carbocycles. The number of nitrogens with zero attached hydrogens (tertiary/aromatic N) is 1. The van der Waals surface area contributed by atoms with Crippen LogP contribution in [-0.2, 0) is 6.54 Å². The monoisotopic (exact) mass is 369 g/mol. The highest BCUT2D eigenvalue weighted by Gasteiger charge is 2.18. The fraction of sp³-hybridized carbons (Fsp3) is 0.381. The molecular weight excluding hydrogens is 342 g/mol. The molecule has 0 atom stereocenters. The average molecular weight is 369 g/mol. The molecule has 1 fully saturated rings. The smallest absolute Gasteiger partial charge is 0.193 e. The number of hydrogen-bond acceptors (Lipinski definition) is 4. The van der Waals surface area contributed by atoms with E-state index in [4.69, 9.17) is 19.9 Å². The van der Waals surface area contributed by atoms with Crippen molar-refractivity contribution < 1.29 is 14.2 Å². The second kappa shape index (κ2) is 9.16. The number of methoxy groups -OCH3 is 2. The van der Waals surface area contributed by atoms with Crippen LogP contribution in [0.15, 0.2) is 47.5 Å². The van der Waals surface area contributed by atoms with Gasteiger partial charge in [0.05, 0.1) is 32.6 Å². The summed E-state index contributed by atoms with van der Waals surface area (Å²) < 4.78 is 16.9. The highest BCUT2D eigenvalue weighted by atomic mass is 16.5. The van der Waals surface area contributed by atoms with E-state index in [1.807, 2.05) is 42.5 Å². The minimum atomic E-state index is 0.273. The highest BCUT2D eigenvalue weighted by Crippen LogP contribution is 2.32. The van der Waals surface area contributed by atoms with Gasteiger partial charge in [-0.05, 0) is 55.5 Å². The van der Waals surface area contributed by atoms with E-state index < -0.39 is 0 Å². The van der Waals surface area contributed by atoms with Gasteiger partial charge in [-0.2, -0.15) is 0 Å². The summed E-state index contributed by atoms with van der Waals surface area (Å²) in [4.78, 5) is 4.42. The van der Waals surface area contributed by atoms with Crippen LogP contribution in [0.4, 0.5) is 5.69 Å². The number of anilines is 1. The maximum atomic E-state index is 6.13. The van der Waals surface area contributed by atoms with Crippen LogP contribution in [0.1, 0.15) is 31.2 Å². The van der Waals surface area contributed by atoms with Gasteiger partial charge in [0, 0.05) is 0 Å². The summed E-state index contributed by atoms with van der Waals surface area (Å²) in [5.74, 6) is 2.56. The van der Waals surface area contributed by atoms with Crippen molar-refractivity contribution in [2.75, 3.05) is 19.5 Å². The molecule has 0 heterocycles. The Hall–Kier alpha value is -2.89. The van der Waals surface area contributed by atoms with Crippen LogP contribution in [0.5, 0.6) is 17.2 Å². The van der Waals surface area contributed by atoms with Gasteiger partial charge in [-0.25, -0.2) is 4.99 Å². The van der Waals surface area contributed by atoms with E-state index in [0.717, 1.165) is 35.6 Å². The molecule has 0 bridgehead atoms. The molecule has 0 spiro atoms. The Morgan fingerprint density at radius 2 is 1.78 bits per heavy atom. The fourth-order valence-corrected chi connectivity index (χ4v) is 3.20. The number of nitrogens with one attached hydrogen (secondary N) is 1. The Balaban J connectivity index is 1.68. The molecule has 0 aromatic heterocycles. The Bertz CT molecular complexity index is 786. The van der Waals surface area contributed by atoms with Crippen molar-refractivity contribution >= 4 is 11.6 Å². The van der Waals surface area contributed by atoms with Gasteiger partial charge >= 0.3 is 0 Å². The molecule has 6 heteroatoms. The zero-order chi connectivity index (χ0) is 19.1. The van der Waals surface area contributed by atoms with E-state index in [1.54, 1.807) is 14.2 Å². The third-order valence-corrected chi connectivity index (χ3v) is 4.63. The summed E-state index contributed by atoms with van der Waals surface area (Å²) in [7, 11) is 3.28. The van der Waals surface area contributed by atoms with Gasteiger partial charge in [0.15, 0.2) is 17.5 Å². The Morgan fingerprint density at radius 3 is 2.52 bits per heavy atom. The van der Waals surface area contributed by atoms with E-state index in [0.29, 0.717) is 18.3 Å². The first kappa shape index (κ1) is 18.9. The van der Waals surface area contributed by atoms with Crippen LogP contribution in [-0.4, -0.2) is 26.3 Å². The molecule has 27 heavy (non-hydrogen) atoms. The van der Waals surface area contributed by atoms with Gasteiger partial charge in [0.25, 0.3) is 0 Å². The molecule has 144 valence electrons. The third-order valence-electron chi connectivity index (χ3n) is 4.63. The molecule has 3 N–H and O–H groups in total.